The maximum Gasteiger partial charge on any atom is 0.279 e. The normalized spacial score (nSPS) is 10.8. The molecule has 0 radical (unpaired) electrons. The molecule has 22 heavy (non-hydrogen) atoms. The average molecular weight is 318 g/mol. The summed E-state index contributed by atoms with van der Waals surface area (Å²) in [5.41, 5.74) is 6.48. The Labute approximate surface area is 135 Å². The fourth-order valence-electron chi connectivity index (χ4n) is 1.36. The number of benzene rings is 1. The molecule has 0 bridgehead atoms. The van der Waals surface area contributed by atoms with Crippen molar-refractivity contribution in [1.29, 1.82) is 5.26 Å². The molecule has 6 nitrogen and oxygen atoms in total. The summed E-state index contributed by atoms with van der Waals surface area (Å²) in [6.45, 7) is 7.73. The van der Waals surface area contributed by atoms with Crippen LogP contribution in [0.1, 0.15) is 19.4 Å². The smallest absolute Gasteiger partial charge is 0.279 e. The molecule has 0 aromatic heterocycles. The molecule has 0 heterocycles. The summed E-state index contributed by atoms with van der Waals surface area (Å²) in [6, 6.07) is 8.52. The van der Waals surface area contributed by atoms with Gasteiger partial charge in [0.2, 0.25) is 0 Å². The molecule has 1 amide bonds. The van der Waals surface area contributed by atoms with Crippen molar-refractivity contribution in [2.24, 2.45) is 0 Å². The van der Waals surface area contributed by atoms with E-state index in [1.54, 1.807) is 31.2 Å². The lowest BCUT2D eigenvalue weighted by molar-refractivity contribution is -0.127. The van der Waals surface area contributed by atoms with Gasteiger partial charge in [0.1, 0.15) is 5.75 Å². The molecule has 0 fully saturated rings. The van der Waals surface area contributed by atoms with E-state index < -0.39 is 6.10 Å². The van der Waals surface area contributed by atoms with Crippen molar-refractivity contribution in [3.05, 3.63) is 42.0 Å². The molecule has 116 valence electrons. The van der Waals surface area contributed by atoms with Gasteiger partial charge in [-0.2, -0.15) is 5.26 Å². The van der Waals surface area contributed by atoms with Crippen LogP contribution in [0, 0.1) is 11.3 Å². The number of rotatable bonds is 5. The number of nitrogens with one attached hydrogen (secondary N) is 3. The van der Waals surface area contributed by atoms with Gasteiger partial charge in [0.25, 0.3) is 5.91 Å². The zero-order valence-corrected chi connectivity index (χ0v) is 13.3. The van der Waals surface area contributed by atoms with Crippen molar-refractivity contribution in [3.8, 4) is 11.8 Å². The minimum atomic E-state index is -0.718. The molecule has 0 saturated heterocycles. The molecule has 3 N–H and O–H groups in total. The number of thiocarbonyl (C=S) groups is 1. The van der Waals surface area contributed by atoms with Crippen molar-refractivity contribution in [2.45, 2.75) is 20.0 Å². The highest BCUT2D eigenvalue weighted by molar-refractivity contribution is 7.80. The van der Waals surface area contributed by atoms with Crippen LogP contribution in [0.15, 0.2) is 36.4 Å². The first-order chi connectivity index (χ1) is 10.4. The quantitative estimate of drug-likeness (QED) is 0.432. The Morgan fingerprint density at radius 1 is 1.41 bits per heavy atom. The summed E-state index contributed by atoms with van der Waals surface area (Å²) >= 11 is 4.99. The number of carbonyl (C=O) groups is 1. The Kier molecular flexibility index (Phi) is 6.86. The van der Waals surface area contributed by atoms with E-state index in [1.165, 1.54) is 0 Å². The van der Waals surface area contributed by atoms with E-state index in [0.717, 1.165) is 5.57 Å². The van der Waals surface area contributed by atoms with E-state index in [0.29, 0.717) is 23.0 Å². The molecule has 1 aromatic rings. The SMILES string of the molecule is C=C(C)CNC(=S)NNC(=O)[C@@H](C)Oc1ccc(C#N)cc1. The fraction of sp³-hybridized carbons (Fsp3) is 0.267. The van der Waals surface area contributed by atoms with Crippen molar-refractivity contribution in [2.75, 3.05) is 6.54 Å². The van der Waals surface area contributed by atoms with Crippen LogP contribution in [-0.2, 0) is 4.79 Å². The summed E-state index contributed by atoms with van der Waals surface area (Å²) in [6.07, 6.45) is -0.718. The minimum Gasteiger partial charge on any atom is -0.481 e. The third-order valence-corrected chi connectivity index (χ3v) is 2.76. The lowest BCUT2D eigenvalue weighted by Gasteiger charge is -2.16. The van der Waals surface area contributed by atoms with Crippen LogP contribution >= 0.6 is 12.2 Å². The van der Waals surface area contributed by atoms with Gasteiger partial charge in [-0.25, -0.2) is 0 Å². The molecule has 0 aliphatic rings. The molecule has 0 unspecified atom stereocenters. The highest BCUT2D eigenvalue weighted by Gasteiger charge is 2.14. The largest absolute Gasteiger partial charge is 0.481 e. The summed E-state index contributed by atoms with van der Waals surface area (Å²) in [4.78, 5) is 11.9. The zero-order chi connectivity index (χ0) is 16.5. The first-order valence-corrected chi connectivity index (χ1v) is 6.98. The summed E-state index contributed by atoms with van der Waals surface area (Å²) in [5, 5.41) is 11.9. The van der Waals surface area contributed by atoms with E-state index in [4.69, 9.17) is 22.2 Å². The maximum absolute atomic E-state index is 11.9. The van der Waals surface area contributed by atoms with Gasteiger partial charge in [0.05, 0.1) is 11.6 Å². The number of hydrazine groups is 1. The lowest BCUT2D eigenvalue weighted by atomic mass is 10.2. The third kappa shape index (κ3) is 6.24. The van der Waals surface area contributed by atoms with Gasteiger partial charge >= 0.3 is 0 Å². The summed E-state index contributed by atoms with van der Waals surface area (Å²) in [5.74, 6) is 0.133. The van der Waals surface area contributed by atoms with Crippen molar-refractivity contribution in [3.63, 3.8) is 0 Å². The van der Waals surface area contributed by atoms with Gasteiger partial charge in [-0.1, -0.05) is 12.2 Å². The van der Waals surface area contributed by atoms with Crippen molar-refractivity contribution in [1.82, 2.24) is 16.2 Å². The number of amides is 1. The Morgan fingerprint density at radius 2 is 2.05 bits per heavy atom. The maximum atomic E-state index is 11.9. The number of ether oxygens (including phenoxy) is 1. The predicted octanol–water partition coefficient (Wildman–Crippen LogP) is 1.40. The van der Waals surface area contributed by atoms with Crippen LogP contribution in [0.5, 0.6) is 5.75 Å². The van der Waals surface area contributed by atoms with Crippen LogP contribution in [0.3, 0.4) is 0 Å². The second-order valence-electron chi connectivity index (χ2n) is 4.65. The number of nitrogens with zero attached hydrogens (tertiary/aromatic N) is 1. The third-order valence-electron chi connectivity index (χ3n) is 2.52. The van der Waals surface area contributed by atoms with Crippen LogP contribution in [0.2, 0.25) is 0 Å². The predicted molar refractivity (Wildman–Crippen MR) is 87.9 cm³/mol. The molecule has 0 saturated carbocycles. The highest BCUT2D eigenvalue weighted by atomic mass is 32.1. The molecular formula is C15H18N4O2S. The zero-order valence-electron chi connectivity index (χ0n) is 12.5. The molecule has 0 spiro atoms. The Bertz CT molecular complexity index is 593. The van der Waals surface area contributed by atoms with Crippen LogP contribution in [0.4, 0.5) is 0 Å². The van der Waals surface area contributed by atoms with Gasteiger partial charge in [-0.3, -0.25) is 15.6 Å². The summed E-state index contributed by atoms with van der Waals surface area (Å²) in [7, 11) is 0. The number of hydrogen-bond donors (Lipinski definition) is 3. The number of carbonyl (C=O) groups excluding carboxylic acids is 1. The van der Waals surface area contributed by atoms with E-state index >= 15 is 0 Å². The second kappa shape index (κ2) is 8.64. The lowest BCUT2D eigenvalue weighted by Crippen LogP contribution is -2.50. The van der Waals surface area contributed by atoms with E-state index in [-0.39, 0.29) is 5.91 Å². The van der Waals surface area contributed by atoms with E-state index in [9.17, 15) is 4.79 Å². The molecule has 0 aliphatic carbocycles. The molecule has 1 aromatic carbocycles. The van der Waals surface area contributed by atoms with Crippen LogP contribution in [0.25, 0.3) is 0 Å². The Morgan fingerprint density at radius 3 is 2.59 bits per heavy atom. The fourth-order valence-corrected chi connectivity index (χ4v) is 1.48. The topological polar surface area (TPSA) is 86.2 Å². The van der Waals surface area contributed by atoms with E-state index in [1.807, 2.05) is 13.0 Å². The summed E-state index contributed by atoms with van der Waals surface area (Å²) < 4.78 is 5.47. The van der Waals surface area contributed by atoms with Gasteiger partial charge in [0, 0.05) is 6.54 Å². The average Bonchev–Trinajstić information content (AvgIpc) is 2.51. The monoisotopic (exact) mass is 318 g/mol. The van der Waals surface area contributed by atoms with Crippen LogP contribution in [-0.4, -0.2) is 23.7 Å². The van der Waals surface area contributed by atoms with Crippen LogP contribution < -0.4 is 20.9 Å². The molecule has 0 aliphatic heterocycles. The number of hydrogen-bond acceptors (Lipinski definition) is 4. The standard InChI is InChI=1S/C15H18N4O2S/c1-10(2)9-17-15(22)19-18-14(20)11(3)21-13-6-4-12(8-16)5-7-13/h4-7,11H,1,9H2,2-3H3,(H,18,20)(H2,17,19,22)/t11-/m1/s1. The molecule has 1 atom stereocenters. The highest BCUT2D eigenvalue weighted by Crippen LogP contribution is 2.13. The first kappa shape index (κ1) is 17.5. The molecule has 1 rings (SSSR count). The van der Waals surface area contributed by atoms with Gasteiger partial charge in [-0.05, 0) is 50.3 Å². The Balaban J connectivity index is 2.39. The molecule has 7 heteroatoms. The molecular weight excluding hydrogens is 300 g/mol. The van der Waals surface area contributed by atoms with Crippen molar-refractivity contribution < 1.29 is 9.53 Å². The second-order valence-corrected chi connectivity index (χ2v) is 5.06. The van der Waals surface area contributed by atoms with Crippen molar-refractivity contribution >= 4 is 23.2 Å². The van der Waals surface area contributed by atoms with E-state index in [2.05, 4.69) is 22.7 Å². The Hall–Kier alpha value is -2.59. The minimum absolute atomic E-state index is 0.293. The number of nitriles is 1. The van der Waals surface area contributed by atoms with Gasteiger partial charge in [0.15, 0.2) is 11.2 Å². The first-order valence-electron chi connectivity index (χ1n) is 6.57. The van der Waals surface area contributed by atoms with Gasteiger partial charge < -0.3 is 10.1 Å². The van der Waals surface area contributed by atoms with Gasteiger partial charge in [-0.15, -0.1) is 0 Å².